The van der Waals surface area contributed by atoms with Gasteiger partial charge in [0.05, 0.1) is 0 Å². The van der Waals surface area contributed by atoms with Crippen molar-refractivity contribution < 1.29 is 4.79 Å². The molecule has 0 saturated carbocycles. The van der Waals surface area contributed by atoms with Crippen LogP contribution in [0.25, 0.3) is 0 Å². The van der Waals surface area contributed by atoms with Crippen molar-refractivity contribution >= 4 is 12.0 Å². The molecular formula is C20H21NO. The van der Waals surface area contributed by atoms with Crippen LogP contribution in [0.5, 0.6) is 0 Å². The van der Waals surface area contributed by atoms with E-state index in [4.69, 9.17) is 0 Å². The monoisotopic (exact) mass is 291 g/mol. The number of anilines is 1. The van der Waals surface area contributed by atoms with Gasteiger partial charge in [0.2, 0.25) is 0 Å². The fraction of sp³-hybridized carbons (Fsp3) is 0.250. The van der Waals surface area contributed by atoms with Crippen LogP contribution in [0.15, 0.2) is 66.4 Å². The van der Waals surface area contributed by atoms with E-state index in [0.29, 0.717) is 5.92 Å². The molecule has 1 aliphatic rings. The van der Waals surface area contributed by atoms with Crippen LogP contribution in [0, 0.1) is 0 Å². The normalized spacial score (nSPS) is 18.5. The maximum Gasteiger partial charge on any atom is 0.144 e. The van der Waals surface area contributed by atoms with E-state index in [0.717, 1.165) is 31.4 Å². The van der Waals surface area contributed by atoms with E-state index in [1.165, 1.54) is 16.8 Å². The van der Waals surface area contributed by atoms with Gasteiger partial charge in [-0.15, -0.1) is 0 Å². The summed E-state index contributed by atoms with van der Waals surface area (Å²) in [6, 6.07) is 19.1. The Bertz CT molecular complexity index is 675. The number of hydrogen-bond acceptors (Lipinski definition) is 2. The highest BCUT2D eigenvalue weighted by atomic mass is 16.1. The molecule has 1 atom stereocenters. The van der Waals surface area contributed by atoms with Gasteiger partial charge < -0.3 is 4.90 Å². The second-order valence-electron chi connectivity index (χ2n) is 5.61. The lowest BCUT2D eigenvalue weighted by Crippen LogP contribution is -2.19. The molecule has 112 valence electrons. The van der Waals surface area contributed by atoms with Crippen LogP contribution >= 0.6 is 0 Å². The van der Waals surface area contributed by atoms with Gasteiger partial charge in [-0.3, -0.25) is 4.79 Å². The van der Waals surface area contributed by atoms with Gasteiger partial charge in [-0.2, -0.15) is 0 Å². The van der Waals surface area contributed by atoms with Gasteiger partial charge in [-0.25, -0.2) is 0 Å². The van der Waals surface area contributed by atoms with Crippen LogP contribution in [-0.4, -0.2) is 12.8 Å². The van der Waals surface area contributed by atoms with Gasteiger partial charge in [-0.1, -0.05) is 48.5 Å². The fourth-order valence-electron chi connectivity index (χ4n) is 3.40. The summed E-state index contributed by atoms with van der Waals surface area (Å²) in [6.07, 6.45) is 4.70. The summed E-state index contributed by atoms with van der Waals surface area (Å²) in [5.41, 5.74) is 5.07. The Labute approximate surface area is 132 Å². The average Bonchev–Trinajstić information content (AvgIpc) is 2.87. The van der Waals surface area contributed by atoms with Gasteiger partial charge in [0.15, 0.2) is 0 Å². The van der Waals surface area contributed by atoms with Crippen LogP contribution in [0.4, 0.5) is 5.69 Å². The third-order valence-corrected chi connectivity index (χ3v) is 4.39. The minimum Gasteiger partial charge on any atom is -0.344 e. The molecule has 0 bridgehead atoms. The van der Waals surface area contributed by atoms with E-state index in [1.807, 2.05) is 6.07 Å². The molecular weight excluding hydrogens is 270 g/mol. The van der Waals surface area contributed by atoms with Crippen LogP contribution in [0.2, 0.25) is 0 Å². The number of aldehydes is 1. The van der Waals surface area contributed by atoms with E-state index in [1.54, 1.807) is 6.08 Å². The number of carbonyl (C=O) groups is 1. The lowest BCUT2D eigenvalue weighted by molar-refractivity contribution is -0.104. The zero-order valence-electron chi connectivity index (χ0n) is 12.9. The first kappa shape index (κ1) is 14.6. The van der Waals surface area contributed by atoms with Gasteiger partial charge in [0.25, 0.3) is 0 Å². The van der Waals surface area contributed by atoms with Gasteiger partial charge in [0, 0.05) is 23.8 Å². The van der Waals surface area contributed by atoms with Crippen molar-refractivity contribution in [2.75, 3.05) is 11.4 Å². The number of benzene rings is 2. The number of carbonyl (C=O) groups excluding carboxylic acids is 1. The molecule has 0 N–H and O–H groups in total. The molecule has 0 spiro atoms. The molecule has 3 rings (SSSR count). The van der Waals surface area contributed by atoms with Crippen LogP contribution in [0.3, 0.4) is 0 Å². The topological polar surface area (TPSA) is 20.3 Å². The third kappa shape index (κ3) is 2.69. The molecule has 2 heteroatoms. The molecule has 1 aliphatic heterocycles. The van der Waals surface area contributed by atoms with Crippen molar-refractivity contribution in [1.29, 1.82) is 0 Å². The number of allylic oxidation sites excluding steroid dienone is 2. The fourth-order valence-corrected chi connectivity index (χ4v) is 3.40. The molecule has 0 radical (unpaired) electrons. The molecule has 0 fully saturated rings. The van der Waals surface area contributed by atoms with Crippen molar-refractivity contribution in [3.63, 3.8) is 0 Å². The zero-order valence-corrected chi connectivity index (χ0v) is 12.9. The first-order valence-electron chi connectivity index (χ1n) is 7.91. The summed E-state index contributed by atoms with van der Waals surface area (Å²) in [6.45, 7) is 3.02. The SMILES string of the molecule is CCN1C(=CC=O)C(CCc2ccccc2)c2ccccc21. The van der Waals surface area contributed by atoms with Crippen molar-refractivity contribution in [2.45, 2.75) is 25.7 Å². The zero-order chi connectivity index (χ0) is 15.4. The Morgan fingerprint density at radius 2 is 1.77 bits per heavy atom. The first-order valence-corrected chi connectivity index (χ1v) is 7.91. The third-order valence-electron chi connectivity index (χ3n) is 4.39. The lowest BCUT2D eigenvalue weighted by atomic mass is 9.91. The summed E-state index contributed by atoms with van der Waals surface area (Å²) in [4.78, 5) is 13.4. The van der Waals surface area contributed by atoms with Crippen LogP contribution in [0.1, 0.15) is 30.4 Å². The number of para-hydroxylation sites is 1. The number of nitrogens with zero attached hydrogens (tertiary/aromatic N) is 1. The maximum absolute atomic E-state index is 11.1. The van der Waals surface area contributed by atoms with Crippen molar-refractivity contribution in [3.05, 3.63) is 77.5 Å². The van der Waals surface area contributed by atoms with Crippen molar-refractivity contribution in [2.24, 2.45) is 0 Å². The van der Waals surface area contributed by atoms with E-state index >= 15 is 0 Å². The predicted octanol–water partition coefficient (Wildman–Crippen LogP) is 4.33. The van der Waals surface area contributed by atoms with E-state index in [2.05, 4.69) is 60.4 Å². The molecule has 2 aromatic carbocycles. The Balaban J connectivity index is 1.90. The Kier molecular flexibility index (Phi) is 4.38. The molecule has 0 amide bonds. The number of fused-ring (bicyclic) bond motifs is 1. The first-order chi connectivity index (χ1) is 10.8. The maximum atomic E-state index is 11.1. The summed E-state index contributed by atoms with van der Waals surface area (Å²) in [5.74, 6) is 0.307. The quantitative estimate of drug-likeness (QED) is 0.604. The molecule has 2 aromatic rings. The highest BCUT2D eigenvalue weighted by Gasteiger charge is 2.31. The average molecular weight is 291 g/mol. The molecule has 0 aromatic heterocycles. The highest BCUT2D eigenvalue weighted by Crippen LogP contribution is 2.45. The lowest BCUT2D eigenvalue weighted by Gasteiger charge is -2.21. The molecule has 22 heavy (non-hydrogen) atoms. The largest absolute Gasteiger partial charge is 0.344 e. The summed E-state index contributed by atoms with van der Waals surface area (Å²) >= 11 is 0. The summed E-state index contributed by atoms with van der Waals surface area (Å²) < 4.78 is 0. The molecule has 0 aliphatic carbocycles. The number of rotatable bonds is 5. The molecule has 2 nitrogen and oxygen atoms in total. The van der Waals surface area contributed by atoms with E-state index in [9.17, 15) is 4.79 Å². The summed E-state index contributed by atoms with van der Waals surface area (Å²) in [5, 5.41) is 0. The van der Waals surface area contributed by atoms with Crippen molar-refractivity contribution in [3.8, 4) is 0 Å². The number of likely N-dealkylation sites (N-methyl/N-ethyl adjacent to an activating group) is 1. The van der Waals surface area contributed by atoms with E-state index in [-0.39, 0.29) is 0 Å². The predicted molar refractivity (Wildman–Crippen MR) is 91.1 cm³/mol. The number of hydrogen-bond donors (Lipinski definition) is 0. The van der Waals surface area contributed by atoms with Crippen LogP contribution in [-0.2, 0) is 11.2 Å². The molecule has 0 saturated heterocycles. The Morgan fingerprint density at radius 3 is 2.50 bits per heavy atom. The highest BCUT2D eigenvalue weighted by molar-refractivity contribution is 5.75. The molecule has 1 heterocycles. The minimum absolute atomic E-state index is 0.307. The van der Waals surface area contributed by atoms with Gasteiger partial charge in [-0.05, 0) is 43.0 Å². The second-order valence-corrected chi connectivity index (χ2v) is 5.61. The Morgan fingerprint density at radius 1 is 1.05 bits per heavy atom. The second kappa shape index (κ2) is 6.61. The van der Waals surface area contributed by atoms with Gasteiger partial charge in [0.1, 0.15) is 6.29 Å². The smallest absolute Gasteiger partial charge is 0.144 e. The van der Waals surface area contributed by atoms with Crippen molar-refractivity contribution in [1.82, 2.24) is 0 Å². The van der Waals surface area contributed by atoms with Gasteiger partial charge >= 0.3 is 0 Å². The Hall–Kier alpha value is -2.35. The van der Waals surface area contributed by atoms with Crippen LogP contribution < -0.4 is 4.90 Å². The standard InChI is InChI=1S/C20H21NO/c1-2-21-19-11-7-6-10-17(19)18(20(21)14-15-22)13-12-16-8-4-3-5-9-16/h3-11,14-15,18H,2,12-13H2,1H3. The molecule has 1 unspecified atom stereocenters. The van der Waals surface area contributed by atoms with E-state index < -0.39 is 0 Å². The number of aryl methyl sites for hydroxylation is 1. The summed E-state index contributed by atoms with van der Waals surface area (Å²) in [7, 11) is 0. The minimum atomic E-state index is 0.307.